The summed E-state index contributed by atoms with van der Waals surface area (Å²) < 4.78 is 13.7. The Balaban J connectivity index is 0.908. The highest BCUT2D eigenvalue weighted by molar-refractivity contribution is 5.98. The molecule has 1 heterocycles. The minimum absolute atomic E-state index is 0.437. The van der Waals surface area contributed by atoms with Crippen molar-refractivity contribution < 1.29 is 9.47 Å². The second-order valence-electron chi connectivity index (χ2n) is 15.2. The van der Waals surface area contributed by atoms with Crippen molar-refractivity contribution in [1.29, 1.82) is 0 Å². The Bertz CT molecular complexity index is 2990. The van der Waals surface area contributed by atoms with Crippen LogP contribution in [-0.4, -0.2) is 0 Å². The zero-order chi connectivity index (χ0) is 38.2. The molecule has 272 valence electrons. The molecule has 2 aliphatic carbocycles. The number of benzene rings is 9. The fourth-order valence-electron chi connectivity index (χ4n) is 9.70. The van der Waals surface area contributed by atoms with Gasteiger partial charge in [-0.25, -0.2) is 0 Å². The van der Waals surface area contributed by atoms with E-state index in [1.807, 2.05) is 0 Å². The molecule has 0 fully saturated rings. The number of hydrogen-bond acceptors (Lipinski definition) is 3. The molecule has 0 atom stereocenters. The maximum Gasteiger partial charge on any atom is 0.178 e. The van der Waals surface area contributed by atoms with Crippen LogP contribution in [0.1, 0.15) is 22.3 Å². The lowest BCUT2D eigenvalue weighted by molar-refractivity contribution is 0.360. The monoisotopic (exact) mass is 741 g/mol. The van der Waals surface area contributed by atoms with E-state index in [0.29, 0.717) is 11.5 Å². The molecule has 0 N–H and O–H groups in total. The first-order chi connectivity index (χ1) is 28.8. The van der Waals surface area contributed by atoms with E-state index in [9.17, 15) is 0 Å². The molecule has 0 radical (unpaired) electrons. The second-order valence-corrected chi connectivity index (χ2v) is 15.2. The number of ether oxygens (including phenoxy) is 2. The summed E-state index contributed by atoms with van der Waals surface area (Å²) in [6, 6.07) is 75.7. The van der Waals surface area contributed by atoms with Gasteiger partial charge in [0.1, 0.15) is 0 Å². The summed E-state index contributed by atoms with van der Waals surface area (Å²) in [5, 5.41) is 0. The Morgan fingerprint density at radius 2 is 0.810 bits per heavy atom. The second kappa shape index (κ2) is 12.7. The zero-order valence-corrected chi connectivity index (χ0v) is 31.5. The Labute approximate surface area is 337 Å². The van der Waals surface area contributed by atoms with Gasteiger partial charge in [0.2, 0.25) is 0 Å². The van der Waals surface area contributed by atoms with Crippen LogP contribution in [0.25, 0.3) is 44.5 Å². The van der Waals surface area contributed by atoms with Crippen molar-refractivity contribution in [3.63, 3.8) is 0 Å². The van der Waals surface area contributed by atoms with Crippen molar-refractivity contribution >= 4 is 17.1 Å². The van der Waals surface area contributed by atoms with E-state index in [0.717, 1.165) is 56.4 Å². The summed E-state index contributed by atoms with van der Waals surface area (Å²) in [7, 11) is 0. The molecule has 3 aliphatic rings. The molecule has 0 saturated heterocycles. The molecule has 3 nitrogen and oxygen atoms in total. The lowest BCUT2D eigenvalue weighted by Gasteiger charge is -2.31. The van der Waals surface area contributed by atoms with E-state index >= 15 is 0 Å². The van der Waals surface area contributed by atoms with Crippen LogP contribution >= 0.6 is 0 Å². The SMILES string of the molecule is c1ccc(N(c2ccccc2)c2cccc(-c3cccc(-c4ccc5c(c4)Oc4ccc6c(c4O5)-c4ccccc4C64c5ccccc5-c5ccccc54)c3)c2)cc1. The Kier molecular flexibility index (Phi) is 7.14. The Morgan fingerprint density at radius 1 is 0.310 bits per heavy atom. The third kappa shape index (κ3) is 4.74. The zero-order valence-electron chi connectivity index (χ0n) is 31.5. The van der Waals surface area contributed by atoms with E-state index in [-0.39, 0.29) is 0 Å². The normalized spacial score (nSPS) is 13.2. The van der Waals surface area contributed by atoms with Crippen LogP contribution in [0.15, 0.2) is 212 Å². The van der Waals surface area contributed by atoms with Crippen molar-refractivity contribution in [1.82, 2.24) is 0 Å². The predicted molar refractivity (Wildman–Crippen MR) is 235 cm³/mol. The van der Waals surface area contributed by atoms with E-state index < -0.39 is 5.41 Å². The molecule has 58 heavy (non-hydrogen) atoms. The summed E-state index contributed by atoms with van der Waals surface area (Å²) in [5.41, 5.74) is 17.3. The number of hydrogen-bond donors (Lipinski definition) is 0. The highest BCUT2D eigenvalue weighted by Crippen LogP contribution is 2.66. The van der Waals surface area contributed by atoms with Crippen molar-refractivity contribution in [2.45, 2.75) is 5.41 Å². The van der Waals surface area contributed by atoms with Crippen LogP contribution in [0.5, 0.6) is 23.0 Å². The van der Waals surface area contributed by atoms with Crippen molar-refractivity contribution in [3.8, 4) is 67.5 Å². The maximum atomic E-state index is 6.92. The number of nitrogens with zero attached hydrogens (tertiary/aromatic N) is 1. The van der Waals surface area contributed by atoms with Crippen LogP contribution in [-0.2, 0) is 5.41 Å². The van der Waals surface area contributed by atoms with Crippen LogP contribution in [0.4, 0.5) is 17.1 Å². The largest absolute Gasteiger partial charge is 0.449 e. The van der Waals surface area contributed by atoms with Crippen LogP contribution in [0, 0.1) is 0 Å². The first-order valence-electron chi connectivity index (χ1n) is 19.8. The third-order valence-corrected chi connectivity index (χ3v) is 12.1. The molecule has 1 aliphatic heterocycles. The van der Waals surface area contributed by atoms with Crippen LogP contribution < -0.4 is 14.4 Å². The topological polar surface area (TPSA) is 21.7 Å². The average molecular weight is 742 g/mol. The van der Waals surface area contributed by atoms with Gasteiger partial charge in [-0.3, -0.25) is 0 Å². The molecule has 9 aromatic rings. The van der Waals surface area contributed by atoms with Gasteiger partial charge in [-0.1, -0.05) is 152 Å². The number of rotatable bonds is 5. The van der Waals surface area contributed by atoms with Gasteiger partial charge in [0.25, 0.3) is 0 Å². The molecule has 0 amide bonds. The molecule has 0 unspecified atom stereocenters. The smallest absolute Gasteiger partial charge is 0.178 e. The van der Waals surface area contributed by atoms with Crippen molar-refractivity contribution in [2.75, 3.05) is 4.90 Å². The van der Waals surface area contributed by atoms with Gasteiger partial charge in [-0.2, -0.15) is 0 Å². The quantitative estimate of drug-likeness (QED) is 0.175. The first kappa shape index (κ1) is 32.6. The third-order valence-electron chi connectivity index (χ3n) is 12.1. The summed E-state index contributed by atoms with van der Waals surface area (Å²) in [5.74, 6) is 2.91. The van der Waals surface area contributed by atoms with Gasteiger partial charge in [-0.15, -0.1) is 0 Å². The standard InChI is InChI=1S/C55H35NO2/c1-3-18-40(19-4-1)56(41-20-5-2-6-21-41)42-22-14-17-38(34-42)36-15-13-16-37(33-36)39-29-31-50-52(35-39)57-51-32-30-49-53(54(51)58-50)45-25-9-12-28-48(45)55(49)46-26-10-7-23-43(46)44-24-8-11-27-47(44)55/h1-35H. The van der Waals surface area contributed by atoms with E-state index in [1.165, 1.54) is 38.9 Å². The van der Waals surface area contributed by atoms with Crippen molar-refractivity contribution in [3.05, 3.63) is 235 Å². The molecular formula is C55H35NO2. The highest BCUT2D eigenvalue weighted by atomic mass is 16.6. The van der Waals surface area contributed by atoms with Gasteiger partial charge >= 0.3 is 0 Å². The minimum atomic E-state index is -0.437. The summed E-state index contributed by atoms with van der Waals surface area (Å²) in [4.78, 5) is 2.30. The van der Waals surface area contributed by atoms with Crippen molar-refractivity contribution in [2.24, 2.45) is 0 Å². The molecule has 3 heteroatoms. The minimum Gasteiger partial charge on any atom is -0.449 e. The van der Waals surface area contributed by atoms with Gasteiger partial charge in [0.05, 0.1) is 5.41 Å². The van der Waals surface area contributed by atoms with Gasteiger partial charge in [-0.05, 0) is 122 Å². The molecule has 0 saturated carbocycles. The van der Waals surface area contributed by atoms with Gasteiger partial charge < -0.3 is 14.4 Å². The molecule has 12 rings (SSSR count). The molecule has 9 aromatic carbocycles. The fraction of sp³-hybridized carbons (Fsp3) is 0.0182. The van der Waals surface area contributed by atoms with E-state index in [4.69, 9.17) is 9.47 Å². The summed E-state index contributed by atoms with van der Waals surface area (Å²) in [6.45, 7) is 0. The van der Waals surface area contributed by atoms with E-state index in [1.54, 1.807) is 0 Å². The number of anilines is 3. The molecular weight excluding hydrogens is 707 g/mol. The van der Waals surface area contributed by atoms with E-state index in [2.05, 4.69) is 217 Å². The summed E-state index contributed by atoms with van der Waals surface area (Å²) in [6.07, 6.45) is 0. The number of para-hydroxylation sites is 2. The van der Waals surface area contributed by atoms with Crippen LogP contribution in [0.2, 0.25) is 0 Å². The molecule has 0 bridgehead atoms. The lowest BCUT2D eigenvalue weighted by Crippen LogP contribution is -2.25. The average Bonchev–Trinajstić information content (AvgIpc) is 3.77. The van der Waals surface area contributed by atoms with Gasteiger partial charge in [0.15, 0.2) is 23.0 Å². The predicted octanol–water partition coefficient (Wildman–Crippen LogP) is 14.7. The molecule has 0 aromatic heterocycles. The van der Waals surface area contributed by atoms with Crippen LogP contribution in [0.3, 0.4) is 0 Å². The lowest BCUT2D eigenvalue weighted by atomic mass is 9.70. The summed E-state index contributed by atoms with van der Waals surface area (Å²) >= 11 is 0. The fourth-order valence-corrected chi connectivity index (χ4v) is 9.70. The Hall–Kier alpha value is -7.62. The van der Waals surface area contributed by atoms with Gasteiger partial charge in [0, 0.05) is 22.6 Å². The number of fused-ring (bicyclic) bond motifs is 13. The molecule has 1 spiro atoms. The highest BCUT2D eigenvalue weighted by Gasteiger charge is 2.53. The Morgan fingerprint density at radius 3 is 1.47 bits per heavy atom. The first-order valence-corrected chi connectivity index (χ1v) is 19.8. The maximum absolute atomic E-state index is 6.92.